The fourth-order valence-electron chi connectivity index (χ4n) is 2.62. The van der Waals surface area contributed by atoms with E-state index in [4.69, 9.17) is 23.4 Å². The summed E-state index contributed by atoms with van der Waals surface area (Å²) >= 11 is 11.8. The van der Waals surface area contributed by atoms with Gasteiger partial charge in [0, 0.05) is 31.2 Å². The zero-order valence-electron chi connectivity index (χ0n) is 14.6. The molecule has 4 N–H and O–H groups in total. The molecule has 0 bridgehead atoms. The molecule has 0 amide bonds. The Balaban J connectivity index is 2.01. The highest BCUT2D eigenvalue weighted by atomic mass is 79.9. The molecule has 0 fully saturated rings. The molecule has 0 aliphatic carbocycles. The van der Waals surface area contributed by atoms with E-state index in [9.17, 15) is 0 Å². The number of nitrogens with one attached hydrogen (secondary N) is 2. The molecule has 0 unspecified atom stereocenters. The SMILES string of the molecule is N=C(c1ccc(Br)cc1)c1cccc(/C(=N\NC(N)=S)c2ccc(Br)cc2)c1. The van der Waals surface area contributed by atoms with Crippen LogP contribution in [0.15, 0.2) is 86.8 Å². The van der Waals surface area contributed by atoms with Crippen molar-refractivity contribution in [2.45, 2.75) is 0 Å². The van der Waals surface area contributed by atoms with Crippen molar-refractivity contribution in [3.05, 3.63) is 104 Å². The monoisotopic (exact) mass is 514 g/mol. The molecule has 0 spiro atoms. The highest BCUT2D eigenvalue weighted by Crippen LogP contribution is 2.19. The molecule has 4 nitrogen and oxygen atoms in total. The number of halogens is 2. The molecule has 3 aromatic carbocycles. The van der Waals surface area contributed by atoms with Gasteiger partial charge in [0.15, 0.2) is 5.11 Å². The van der Waals surface area contributed by atoms with Crippen LogP contribution < -0.4 is 11.2 Å². The van der Waals surface area contributed by atoms with E-state index in [-0.39, 0.29) is 5.11 Å². The summed E-state index contributed by atoms with van der Waals surface area (Å²) in [4.78, 5) is 0. The lowest BCUT2D eigenvalue weighted by molar-refractivity contribution is 1.03. The van der Waals surface area contributed by atoms with Gasteiger partial charge in [-0.15, -0.1) is 0 Å². The Kier molecular flexibility index (Phi) is 6.72. The Hall–Kier alpha value is -2.35. The Morgan fingerprint density at radius 2 is 1.36 bits per heavy atom. The third-order valence-electron chi connectivity index (χ3n) is 3.95. The lowest BCUT2D eigenvalue weighted by Gasteiger charge is -2.11. The number of benzene rings is 3. The fraction of sp³-hybridized carbons (Fsp3) is 0. The first kappa shape index (κ1) is 20.4. The van der Waals surface area contributed by atoms with Crippen LogP contribution >= 0.6 is 44.1 Å². The van der Waals surface area contributed by atoms with Crippen LogP contribution in [0.4, 0.5) is 0 Å². The summed E-state index contributed by atoms with van der Waals surface area (Å²) in [5, 5.41) is 13.0. The molecule has 0 aliphatic heterocycles. The lowest BCUT2D eigenvalue weighted by Crippen LogP contribution is -2.26. The largest absolute Gasteiger partial charge is 0.375 e. The summed E-state index contributed by atoms with van der Waals surface area (Å²) in [7, 11) is 0. The normalized spacial score (nSPS) is 11.1. The molecule has 0 saturated heterocycles. The van der Waals surface area contributed by atoms with Gasteiger partial charge in [0.25, 0.3) is 0 Å². The highest BCUT2D eigenvalue weighted by Gasteiger charge is 2.11. The maximum absolute atomic E-state index is 8.56. The van der Waals surface area contributed by atoms with Gasteiger partial charge in [-0.3, -0.25) is 10.8 Å². The van der Waals surface area contributed by atoms with Gasteiger partial charge < -0.3 is 5.73 Å². The molecule has 0 aliphatic rings. The van der Waals surface area contributed by atoms with Crippen molar-refractivity contribution in [1.82, 2.24) is 5.43 Å². The van der Waals surface area contributed by atoms with Crippen molar-refractivity contribution < 1.29 is 0 Å². The Morgan fingerprint density at radius 3 is 1.93 bits per heavy atom. The molecule has 0 aromatic heterocycles. The van der Waals surface area contributed by atoms with E-state index in [0.717, 1.165) is 31.2 Å². The van der Waals surface area contributed by atoms with Crippen LogP contribution in [0, 0.1) is 5.41 Å². The van der Waals surface area contributed by atoms with Crippen molar-refractivity contribution in [2.75, 3.05) is 0 Å². The first-order chi connectivity index (χ1) is 13.4. The van der Waals surface area contributed by atoms with Crippen LogP contribution in [0.25, 0.3) is 0 Å². The molecule has 0 heterocycles. The average molecular weight is 516 g/mol. The van der Waals surface area contributed by atoms with Gasteiger partial charge in [-0.1, -0.05) is 74.3 Å². The first-order valence-corrected chi connectivity index (χ1v) is 10.3. The van der Waals surface area contributed by atoms with Gasteiger partial charge in [0.2, 0.25) is 0 Å². The van der Waals surface area contributed by atoms with Crippen molar-refractivity contribution >= 4 is 60.6 Å². The van der Waals surface area contributed by atoms with E-state index in [0.29, 0.717) is 11.4 Å². The van der Waals surface area contributed by atoms with E-state index in [1.807, 2.05) is 72.8 Å². The van der Waals surface area contributed by atoms with Crippen LogP contribution in [0.5, 0.6) is 0 Å². The van der Waals surface area contributed by atoms with Gasteiger partial charge in [0.05, 0.1) is 11.4 Å². The van der Waals surface area contributed by atoms with Crippen LogP contribution in [0.1, 0.15) is 22.3 Å². The van der Waals surface area contributed by atoms with Crippen molar-refractivity contribution in [3.63, 3.8) is 0 Å². The van der Waals surface area contributed by atoms with E-state index < -0.39 is 0 Å². The molecular formula is C21H16Br2N4S. The number of rotatable bonds is 5. The van der Waals surface area contributed by atoms with Crippen molar-refractivity contribution in [3.8, 4) is 0 Å². The van der Waals surface area contributed by atoms with Gasteiger partial charge in [-0.25, -0.2) is 0 Å². The summed E-state index contributed by atoms with van der Waals surface area (Å²) in [6, 6.07) is 23.2. The molecular weight excluding hydrogens is 500 g/mol. The van der Waals surface area contributed by atoms with Gasteiger partial charge in [-0.2, -0.15) is 5.10 Å². The Morgan fingerprint density at radius 1 is 0.821 bits per heavy atom. The maximum Gasteiger partial charge on any atom is 0.184 e. The van der Waals surface area contributed by atoms with E-state index in [1.165, 1.54) is 0 Å². The Bertz CT molecular complexity index is 1040. The van der Waals surface area contributed by atoms with Gasteiger partial charge >= 0.3 is 0 Å². The standard InChI is InChI=1S/C21H16Br2N4S/c22-17-8-4-13(5-9-17)19(24)15-2-1-3-16(12-15)20(26-27-21(25)28)14-6-10-18(23)11-7-14/h1-12,24H,(H3,25,27,28)/b24-19?,26-20-. The summed E-state index contributed by atoms with van der Waals surface area (Å²) < 4.78 is 1.95. The molecule has 0 atom stereocenters. The minimum Gasteiger partial charge on any atom is -0.375 e. The van der Waals surface area contributed by atoms with Gasteiger partial charge in [0.1, 0.15) is 0 Å². The lowest BCUT2D eigenvalue weighted by atomic mass is 9.96. The Labute approximate surface area is 185 Å². The quantitative estimate of drug-likeness (QED) is 0.248. The molecule has 28 heavy (non-hydrogen) atoms. The minimum atomic E-state index is 0.0911. The topological polar surface area (TPSA) is 74.3 Å². The zero-order valence-corrected chi connectivity index (χ0v) is 18.6. The fourth-order valence-corrected chi connectivity index (χ4v) is 3.19. The smallest absolute Gasteiger partial charge is 0.184 e. The number of nitrogens with zero attached hydrogens (tertiary/aromatic N) is 1. The van der Waals surface area contributed by atoms with E-state index in [1.54, 1.807) is 0 Å². The first-order valence-electron chi connectivity index (χ1n) is 8.28. The molecule has 7 heteroatoms. The summed E-state index contributed by atoms with van der Waals surface area (Å²) in [6.45, 7) is 0. The molecule has 140 valence electrons. The summed E-state index contributed by atoms with van der Waals surface area (Å²) in [5.41, 5.74) is 12.7. The van der Waals surface area contributed by atoms with Crippen LogP contribution in [-0.2, 0) is 0 Å². The average Bonchev–Trinajstić information content (AvgIpc) is 2.69. The highest BCUT2D eigenvalue weighted by molar-refractivity contribution is 9.10. The van der Waals surface area contributed by atoms with Crippen LogP contribution in [0.3, 0.4) is 0 Å². The van der Waals surface area contributed by atoms with Gasteiger partial charge in [-0.05, 0) is 42.5 Å². The second kappa shape index (κ2) is 9.23. The third kappa shape index (κ3) is 5.13. The number of hydrogen-bond donors (Lipinski definition) is 3. The second-order valence-corrected chi connectivity index (χ2v) is 8.18. The molecule has 3 rings (SSSR count). The third-order valence-corrected chi connectivity index (χ3v) is 5.10. The second-order valence-electron chi connectivity index (χ2n) is 5.91. The van der Waals surface area contributed by atoms with E-state index >= 15 is 0 Å². The number of hydrogen-bond acceptors (Lipinski definition) is 3. The van der Waals surface area contributed by atoms with Crippen molar-refractivity contribution in [2.24, 2.45) is 10.8 Å². The molecule has 3 aromatic rings. The van der Waals surface area contributed by atoms with E-state index in [2.05, 4.69) is 42.4 Å². The minimum absolute atomic E-state index is 0.0911. The number of nitrogens with two attached hydrogens (primary N) is 1. The number of thiocarbonyl (C=S) groups is 1. The number of hydrazone groups is 1. The van der Waals surface area contributed by atoms with Crippen LogP contribution in [0.2, 0.25) is 0 Å². The predicted molar refractivity (Wildman–Crippen MR) is 126 cm³/mol. The zero-order chi connectivity index (χ0) is 20.1. The maximum atomic E-state index is 8.56. The molecule has 0 saturated carbocycles. The van der Waals surface area contributed by atoms with Crippen LogP contribution in [-0.4, -0.2) is 16.5 Å². The predicted octanol–water partition coefficient (Wildman–Crippen LogP) is 5.21. The molecule has 0 radical (unpaired) electrons. The summed E-state index contributed by atoms with van der Waals surface area (Å²) in [6.07, 6.45) is 0. The van der Waals surface area contributed by atoms with Crippen molar-refractivity contribution in [1.29, 1.82) is 5.41 Å². The summed E-state index contributed by atoms with van der Waals surface area (Å²) in [5.74, 6) is 0.